The summed E-state index contributed by atoms with van der Waals surface area (Å²) in [6.07, 6.45) is -9.03. The van der Waals surface area contributed by atoms with E-state index in [-0.39, 0.29) is 10.6 Å². The molecule has 1 amide bonds. The maximum Gasteiger partial charge on any atom is 0.433 e. The first-order chi connectivity index (χ1) is 14.3. The van der Waals surface area contributed by atoms with Crippen LogP contribution >= 0.6 is 11.6 Å². The van der Waals surface area contributed by atoms with E-state index in [2.05, 4.69) is 10.1 Å². The molecule has 0 bridgehead atoms. The number of benzene rings is 1. The second kappa shape index (κ2) is 7.88. The highest BCUT2D eigenvalue weighted by atomic mass is 35.5. The van der Waals surface area contributed by atoms with Gasteiger partial charge >= 0.3 is 12.4 Å². The van der Waals surface area contributed by atoms with Gasteiger partial charge in [-0.3, -0.25) is 14.5 Å². The minimum Gasteiger partial charge on any atom is -0.306 e. The molecule has 0 unspecified atom stereocenters. The van der Waals surface area contributed by atoms with Crippen molar-refractivity contribution in [1.82, 2.24) is 14.8 Å². The van der Waals surface area contributed by atoms with Crippen molar-refractivity contribution >= 4 is 23.3 Å². The fraction of sp³-hybridized carbons (Fsp3) is 0.211. The van der Waals surface area contributed by atoms with Crippen LogP contribution in [0.25, 0.3) is 11.3 Å². The van der Waals surface area contributed by atoms with Crippen LogP contribution in [0.3, 0.4) is 0 Å². The molecule has 0 saturated heterocycles. The van der Waals surface area contributed by atoms with Crippen LogP contribution in [0.1, 0.15) is 27.2 Å². The first-order valence-electron chi connectivity index (χ1n) is 8.54. The van der Waals surface area contributed by atoms with Gasteiger partial charge < -0.3 is 5.32 Å². The summed E-state index contributed by atoms with van der Waals surface area (Å²) in [5, 5.41) is 5.87. The first kappa shape index (κ1) is 22.6. The van der Waals surface area contributed by atoms with Crippen molar-refractivity contribution in [3.8, 4) is 11.3 Å². The molecule has 1 N–H and O–H groups in total. The number of aryl methyl sites for hydroxylation is 2. The van der Waals surface area contributed by atoms with Gasteiger partial charge in [0.05, 0.1) is 5.02 Å². The van der Waals surface area contributed by atoms with Crippen molar-refractivity contribution in [2.75, 3.05) is 5.32 Å². The number of amides is 1. The smallest absolute Gasteiger partial charge is 0.306 e. The zero-order valence-corrected chi connectivity index (χ0v) is 16.6. The fourth-order valence-electron chi connectivity index (χ4n) is 2.84. The van der Waals surface area contributed by atoms with Gasteiger partial charge in [0.15, 0.2) is 0 Å². The van der Waals surface area contributed by atoms with Gasteiger partial charge in [0.1, 0.15) is 22.8 Å². The summed E-state index contributed by atoms with van der Waals surface area (Å²) in [7, 11) is 1.16. The van der Waals surface area contributed by atoms with Crippen LogP contribution in [-0.4, -0.2) is 20.7 Å². The first-order valence-corrected chi connectivity index (χ1v) is 8.92. The second-order valence-electron chi connectivity index (χ2n) is 6.56. The average Bonchev–Trinajstić information content (AvgIpc) is 2.97. The predicted octanol–water partition coefficient (Wildman–Crippen LogP) is 5.73. The molecule has 0 aliphatic carbocycles. The second-order valence-corrected chi connectivity index (χ2v) is 6.97. The third-order valence-corrected chi connectivity index (χ3v) is 4.57. The van der Waals surface area contributed by atoms with Gasteiger partial charge in [0, 0.05) is 24.4 Å². The number of alkyl halides is 6. The lowest BCUT2D eigenvalue weighted by atomic mass is 10.1. The molecule has 0 radical (unpaired) electrons. The van der Waals surface area contributed by atoms with Crippen LogP contribution in [-0.2, 0) is 19.4 Å². The van der Waals surface area contributed by atoms with Crippen LogP contribution in [0.15, 0.2) is 36.5 Å². The number of nitrogens with one attached hydrogen (secondary N) is 1. The van der Waals surface area contributed by atoms with Crippen LogP contribution in [0, 0.1) is 6.92 Å². The van der Waals surface area contributed by atoms with E-state index in [4.69, 9.17) is 11.6 Å². The summed E-state index contributed by atoms with van der Waals surface area (Å²) < 4.78 is 80.9. The summed E-state index contributed by atoms with van der Waals surface area (Å²) in [6, 6.07) is 5.76. The van der Waals surface area contributed by atoms with Crippen molar-refractivity contribution in [2.24, 2.45) is 7.05 Å². The monoisotopic (exact) mass is 462 g/mol. The number of carbonyl (C=O) groups is 1. The Morgan fingerprint density at radius 3 is 2.32 bits per heavy atom. The minimum atomic E-state index is -4.95. The van der Waals surface area contributed by atoms with Crippen molar-refractivity contribution < 1.29 is 31.1 Å². The summed E-state index contributed by atoms with van der Waals surface area (Å²) in [5.74, 6) is -1.93. The standard InChI is InChI=1S/C19H13ClF6N4O/c1-9-3-4-11(12(20)7-9)15-14(19(24,25)26)16(30(2)29-15)28-17(31)10-5-6-27-13(8-10)18(21,22)23/h3-8H,1-2H3,(H,28,31). The summed E-state index contributed by atoms with van der Waals surface area (Å²) in [4.78, 5) is 15.6. The SMILES string of the molecule is Cc1ccc(-c2nn(C)c(NC(=O)c3ccnc(C(F)(F)F)c3)c2C(F)(F)F)c(Cl)c1. The van der Waals surface area contributed by atoms with Crippen molar-refractivity contribution in [3.05, 3.63) is 63.9 Å². The van der Waals surface area contributed by atoms with E-state index in [1.54, 1.807) is 13.0 Å². The maximum absolute atomic E-state index is 13.9. The molecule has 2 aromatic heterocycles. The molecule has 3 aromatic rings. The van der Waals surface area contributed by atoms with E-state index in [0.29, 0.717) is 11.6 Å². The lowest BCUT2D eigenvalue weighted by Crippen LogP contribution is -2.19. The van der Waals surface area contributed by atoms with E-state index in [9.17, 15) is 31.1 Å². The van der Waals surface area contributed by atoms with Crippen LogP contribution < -0.4 is 5.32 Å². The molecule has 0 aliphatic rings. The van der Waals surface area contributed by atoms with Gasteiger partial charge in [-0.2, -0.15) is 31.4 Å². The molecule has 12 heteroatoms. The maximum atomic E-state index is 13.9. The van der Waals surface area contributed by atoms with Crippen molar-refractivity contribution in [1.29, 1.82) is 0 Å². The highest BCUT2D eigenvalue weighted by Crippen LogP contribution is 2.43. The van der Waals surface area contributed by atoms with Crippen LogP contribution in [0.2, 0.25) is 5.02 Å². The van der Waals surface area contributed by atoms with Crippen LogP contribution in [0.5, 0.6) is 0 Å². The average molecular weight is 463 g/mol. The van der Waals surface area contributed by atoms with Gasteiger partial charge in [0.25, 0.3) is 5.91 Å². The zero-order valence-electron chi connectivity index (χ0n) is 15.9. The molecule has 0 aliphatic heterocycles. The van der Waals surface area contributed by atoms with Gasteiger partial charge in [-0.1, -0.05) is 23.7 Å². The van der Waals surface area contributed by atoms with E-state index >= 15 is 0 Å². The Labute approximate surface area is 176 Å². The molecule has 31 heavy (non-hydrogen) atoms. The van der Waals surface area contributed by atoms with Gasteiger partial charge in [0.2, 0.25) is 0 Å². The van der Waals surface area contributed by atoms with E-state index in [1.165, 1.54) is 12.1 Å². The molecule has 2 heterocycles. The molecular formula is C19H13ClF6N4O. The summed E-state index contributed by atoms with van der Waals surface area (Å²) in [6.45, 7) is 1.70. The predicted molar refractivity (Wildman–Crippen MR) is 101 cm³/mol. The molecule has 0 fully saturated rings. The molecule has 5 nitrogen and oxygen atoms in total. The largest absolute Gasteiger partial charge is 0.433 e. The van der Waals surface area contributed by atoms with E-state index < -0.39 is 46.6 Å². The quantitative estimate of drug-likeness (QED) is 0.505. The van der Waals surface area contributed by atoms with Gasteiger partial charge in [-0.05, 0) is 30.7 Å². The molecule has 1 aromatic carbocycles. The molecule has 0 atom stereocenters. The zero-order chi connectivity index (χ0) is 23.1. The minimum absolute atomic E-state index is 0.0149. The number of hydrogen-bond donors (Lipinski definition) is 1. The third-order valence-electron chi connectivity index (χ3n) is 4.25. The Bertz CT molecular complexity index is 1150. The fourth-order valence-corrected chi connectivity index (χ4v) is 3.17. The number of anilines is 1. The molecule has 164 valence electrons. The highest BCUT2D eigenvalue weighted by Gasteiger charge is 2.41. The number of pyridine rings is 1. The molecule has 0 spiro atoms. The molecule has 3 rings (SSSR count). The number of rotatable bonds is 3. The highest BCUT2D eigenvalue weighted by molar-refractivity contribution is 6.33. The van der Waals surface area contributed by atoms with Crippen molar-refractivity contribution in [3.63, 3.8) is 0 Å². The number of aromatic nitrogens is 3. The lowest BCUT2D eigenvalue weighted by molar-refractivity contribution is -0.141. The normalized spacial score (nSPS) is 12.2. The summed E-state index contributed by atoms with van der Waals surface area (Å²) in [5.41, 5.74) is -2.98. The number of nitrogens with zero attached hydrogens (tertiary/aromatic N) is 3. The van der Waals surface area contributed by atoms with Crippen molar-refractivity contribution in [2.45, 2.75) is 19.3 Å². The van der Waals surface area contributed by atoms with Gasteiger partial charge in [-0.15, -0.1) is 0 Å². The lowest BCUT2D eigenvalue weighted by Gasteiger charge is -2.13. The Balaban J connectivity index is 2.08. The Morgan fingerprint density at radius 2 is 1.74 bits per heavy atom. The van der Waals surface area contributed by atoms with E-state index in [0.717, 1.165) is 24.0 Å². The Morgan fingerprint density at radius 1 is 1.06 bits per heavy atom. The Kier molecular flexibility index (Phi) is 5.74. The Hall–Kier alpha value is -3.08. The number of carbonyl (C=O) groups excluding carboxylic acids is 1. The van der Waals surface area contributed by atoms with E-state index in [1.807, 2.05) is 5.32 Å². The number of hydrogen-bond acceptors (Lipinski definition) is 3. The third kappa shape index (κ3) is 4.66. The van der Waals surface area contributed by atoms with Gasteiger partial charge in [-0.25, -0.2) is 0 Å². The number of halogens is 7. The topological polar surface area (TPSA) is 59.8 Å². The molecular weight excluding hydrogens is 450 g/mol. The molecule has 0 saturated carbocycles. The summed E-state index contributed by atoms with van der Waals surface area (Å²) >= 11 is 6.09. The van der Waals surface area contributed by atoms with Crippen LogP contribution in [0.4, 0.5) is 32.2 Å².